The summed E-state index contributed by atoms with van der Waals surface area (Å²) < 4.78 is 2.07. The average Bonchev–Trinajstić information content (AvgIpc) is 3.13. The highest BCUT2D eigenvalue weighted by Crippen LogP contribution is 2.39. The number of pyridine rings is 1. The lowest BCUT2D eigenvalue weighted by Gasteiger charge is -2.36. The molecule has 2 saturated heterocycles. The van der Waals surface area contributed by atoms with E-state index < -0.39 is 0 Å². The van der Waals surface area contributed by atoms with Crippen molar-refractivity contribution in [3.8, 4) is 0 Å². The number of thioether (sulfide) groups is 1. The minimum Gasteiger partial charge on any atom is -0.355 e. The van der Waals surface area contributed by atoms with Gasteiger partial charge in [-0.05, 0) is 55.4 Å². The standard InChI is InChI=1S/C28H30N4O2S2/c1-17-13-18(2)16-30(15-17)25-22(26(33)31-12-8-9-19(3)24(31)29-25)14-23-27(34)32(28(35)36-23)20(4)21-10-6-5-7-11-21/h5-12,14,17-18,20H,13,15-16H2,1-4H3/b23-14-/t17-,18-,20-/m1/s1. The minimum atomic E-state index is -0.202. The average molecular weight is 519 g/mol. The molecular weight excluding hydrogens is 488 g/mol. The third kappa shape index (κ3) is 4.48. The van der Waals surface area contributed by atoms with Gasteiger partial charge in [0.15, 0.2) is 0 Å². The van der Waals surface area contributed by atoms with Gasteiger partial charge in [0, 0.05) is 19.3 Å². The van der Waals surface area contributed by atoms with E-state index in [0.717, 1.165) is 30.6 Å². The largest absolute Gasteiger partial charge is 0.355 e. The zero-order valence-electron chi connectivity index (χ0n) is 21.0. The molecule has 0 bridgehead atoms. The molecule has 6 nitrogen and oxygen atoms in total. The monoisotopic (exact) mass is 518 g/mol. The van der Waals surface area contributed by atoms with Gasteiger partial charge >= 0.3 is 0 Å². The number of hydrogen-bond acceptors (Lipinski definition) is 6. The normalized spacial score (nSPS) is 22.6. The lowest BCUT2D eigenvalue weighted by Crippen LogP contribution is -2.40. The van der Waals surface area contributed by atoms with Crippen molar-refractivity contribution in [3.63, 3.8) is 0 Å². The van der Waals surface area contributed by atoms with Crippen molar-refractivity contribution in [2.24, 2.45) is 11.8 Å². The maximum absolute atomic E-state index is 13.8. The topological polar surface area (TPSA) is 57.9 Å². The molecule has 36 heavy (non-hydrogen) atoms. The van der Waals surface area contributed by atoms with Crippen LogP contribution in [0.25, 0.3) is 11.7 Å². The molecule has 8 heteroatoms. The van der Waals surface area contributed by atoms with E-state index >= 15 is 0 Å². The van der Waals surface area contributed by atoms with Gasteiger partial charge in [-0.15, -0.1) is 0 Å². The van der Waals surface area contributed by atoms with Crippen LogP contribution in [0.2, 0.25) is 0 Å². The molecule has 0 spiro atoms. The Morgan fingerprint density at radius 1 is 1.08 bits per heavy atom. The van der Waals surface area contributed by atoms with Crippen molar-refractivity contribution in [1.82, 2.24) is 14.3 Å². The molecule has 2 aromatic heterocycles. The zero-order chi connectivity index (χ0) is 25.6. The van der Waals surface area contributed by atoms with Crippen molar-refractivity contribution < 1.29 is 4.79 Å². The van der Waals surface area contributed by atoms with Gasteiger partial charge in [0.25, 0.3) is 11.5 Å². The van der Waals surface area contributed by atoms with Gasteiger partial charge in [-0.1, -0.05) is 74.2 Å². The lowest BCUT2D eigenvalue weighted by atomic mass is 9.91. The number of fused-ring (bicyclic) bond motifs is 1. The van der Waals surface area contributed by atoms with Crippen LogP contribution in [-0.4, -0.2) is 37.6 Å². The number of thiocarbonyl (C=S) groups is 1. The summed E-state index contributed by atoms with van der Waals surface area (Å²) >= 11 is 6.87. The number of amides is 1. The van der Waals surface area contributed by atoms with Crippen LogP contribution in [0.4, 0.5) is 5.82 Å². The fraction of sp³-hybridized carbons (Fsp3) is 0.357. The number of benzene rings is 1. The summed E-state index contributed by atoms with van der Waals surface area (Å²) in [6, 6.07) is 13.4. The Morgan fingerprint density at radius 3 is 2.47 bits per heavy atom. The Labute approximate surface area is 221 Å². The number of aryl methyl sites for hydroxylation is 1. The maximum atomic E-state index is 13.8. The SMILES string of the molecule is Cc1cccn2c(=O)c(/C=C3\SC(=S)N([C@H](C)c4ccccc4)C3=O)c(N3C[C@H](C)C[C@@H](C)C3)nc12. The summed E-state index contributed by atoms with van der Waals surface area (Å²) in [6.45, 7) is 10.1. The van der Waals surface area contributed by atoms with Crippen LogP contribution in [0.1, 0.15) is 49.9 Å². The van der Waals surface area contributed by atoms with Crippen molar-refractivity contribution in [2.75, 3.05) is 18.0 Å². The van der Waals surface area contributed by atoms with Crippen LogP contribution >= 0.6 is 24.0 Å². The smallest absolute Gasteiger partial charge is 0.267 e. The van der Waals surface area contributed by atoms with E-state index in [0.29, 0.717) is 38.1 Å². The first kappa shape index (κ1) is 24.7. The molecule has 186 valence electrons. The molecule has 2 aliphatic rings. The fourth-order valence-electron chi connectivity index (χ4n) is 5.33. The Morgan fingerprint density at radius 2 is 1.78 bits per heavy atom. The number of carbonyl (C=O) groups excluding carboxylic acids is 1. The first-order chi connectivity index (χ1) is 17.2. The number of rotatable bonds is 4. The zero-order valence-corrected chi connectivity index (χ0v) is 22.6. The predicted molar refractivity (Wildman–Crippen MR) is 151 cm³/mol. The van der Waals surface area contributed by atoms with Crippen molar-refractivity contribution in [2.45, 2.75) is 40.2 Å². The molecular formula is C28H30N4O2S2. The molecule has 4 heterocycles. The molecule has 0 N–H and O–H groups in total. The van der Waals surface area contributed by atoms with Gasteiger partial charge < -0.3 is 4.90 Å². The van der Waals surface area contributed by atoms with Crippen LogP contribution in [0.3, 0.4) is 0 Å². The van der Waals surface area contributed by atoms with E-state index in [1.807, 2.05) is 56.3 Å². The number of piperidine rings is 1. The summed E-state index contributed by atoms with van der Waals surface area (Å²) in [7, 11) is 0. The van der Waals surface area contributed by atoms with Crippen molar-refractivity contribution in [1.29, 1.82) is 0 Å². The van der Waals surface area contributed by atoms with Gasteiger partial charge in [0.2, 0.25) is 0 Å². The Balaban J connectivity index is 1.62. The third-order valence-corrected chi connectivity index (χ3v) is 8.33. The van der Waals surface area contributed by atoms with E-state index in [4.69, 9.17) is 17.2 Å². The number of hydrogen-bond donors (Lipinski definition) is 0. The second kappa shape index (κ2) is 9.82. The van der Waals surface area contributed by atoms with Crippen LogP contribution in [0.5, 0.6) is 0 Å². The van der Waals surface area contributed by atoms with Crippen LogP contribution in [0, 0.1) is 18.8 Å². The van der Waals surface area contributed by atoms with Gasteiger partial charge in [0.05, 0.1) is 16.5 Å². The molecule has 0 aliphatic carbocycles. The molecule has 1 amide bonds. The van der Waals surface area contributed by atoms with E-state index in [9.17, 15) is 9.59 Å². The molecule has 1 aromatic carbocycles. The maximum Gasteiger partial charge on any atom is 0.267 e. The Bertz CT molecular complexity index is 1420. The van der Waals surface area contributed by atoms with Crippen LogP contribution in [0.15, 0.2) is 58.4 Å². The highest BCUT2D eigenvalue weighted by atomic mass is 32.2. The molecule has 0 unspecified atom stereocenters. The van der Waals surface area contributed by atoms with Crippen LogP contribution in [-0.2, 0) is 4.79 Å². The lowest BCUT2D eigenvalue weighted by molar-refractivity contribution is -0.123. The summed E-state index contributed by atoms with van der Waals surface area (Å²) in [5.74, 6) is 1.45. The summed E-state index contributed by atoms with van der Waals surface area (Å²) in [6.07, 6.45) is 4.59. The van der Waals surface area contributed by atoms with Gasteiger partial charge in [0.1, 0.15) is 15.8 Å². The van der Waals surface area contributed by atoms with Gasteiger partial charge in [-0.3, -0.25) is 18.9 Å². The number of nitrogens with zero attached hydrogens (tertiary/aromatic N) is 4. The van der Waals surface area contributed by atoms with E-state index in [1.54, 1.807) is 21.6 Å². The third-order valence-electron chi connectivity index (χ3n) is 7.00. The Kier molecular flexibility index (Phi) is 6.74. The quantitative estimate of drug-likeness (QED) is 0.338. The molecule has 3 aromatic rings. The van der Waals surface area contributed by atoms with E-state index in [-0.39, 0.29) is 17.5 Å². The highest BCUT2D eigenvalue weighted by molar-refractivity contribution is 8.26. The van der Waals surface area contributed by atoms with Crippen LogP contribution < -0.4 is 10.5 Å². The minimum absolute atomic E-state index is 0.175. The van der Waals surface area contributed by atoms with E-state index in [2.05, 4.69) is 18.7 Å². The van der Waals surface area contributed by atoms with Crippen molar-refractivity contribution in [3.05, 3.63) is 80.6 Å². The second-order valence-electron chi connectivity index (χ2n) is 10.0. The molecule has 5 rings (SSSR count). The second-order valence-corrected chi connectivity index (χ2v) is 11.7. The first-order valence-corrected chi connectivity index (χ1v) is 13.6. The fourth-order valence-corrected chi connectivity index (χ4v) is 6.73. The molecule has 0 saturated carbocycles. The molecule has 0 radical (unpaired) electrons. The molecule has 3 atom stereocenters. The number of anilines is 1. The molecule has 2 fully saturated rings. The summed E-state index contributed by atoms with van der Waals surface area (Å²) in [5, 5.41) is 0. The van der Waals surface area contributed by atoms with Crippen molar-refractivity contribution >= 4 is 51.7 Å². The van der Waals surface area contributed by atoms with E-state index in [1.165, 1.54) is 11.8 Å². The predicted octanol–water partition coefficient (Wildman–Crippen LogP) is 5.45. The van der Waals surface area contributed by atoms with Gasteiger partial charge in [-0.25, -0.2) is 4.98 Å². The highest BCUT2D eigenvalue weighted by Gasteiger charge is 2.37. The summed E-state index contributed by atoms with van der Waals surface area (Å²) in [5.41, 5.74) is 2.85. The van der Waals surface area contributed by atoms with Gasteiger partial charge in [-0.2, -0.15) is 0 Å². The Hall–Kier alpha value is -2.97. The molecule has 2 aliphatic heterocycles. The first-order valence-electron chi connectivity index (χ1n) is 12.3. The number of carbonyl (C=O) groups is 1. The number of aromatic nitrogens is 2. The summed E-state index contributed by atoms with van der Waals surface area (Å²) in [4.78, 5) is 36.7.